The minimum absolute atomic E-state index is 0.758. The van der Waals surface area contributed by atoms with E-state index in [0.717, 1.165) is 28.9 Å². The number of pyridine rings is 1. The summed E-state index contributed by atoms with van der Waals surface area (Å²) in [6.45, 7) is 2.07. The van der Waals surface area contributed by atoms with E-state index in [1.165, 1.54) is 36.1 Å². The quantitative estimate of drug-likeness (QED) is 0.634. The molecule has 0 aliphatic heterocycles. The fraction of sp³-hybridized carbons (Fsp3) is 0.400. The Morgan fingerprint density at radius 2 is 2.05 bits per heavy atom. The van der Waals surface area contributed by atoms with Crippen LogP contribution in [-0.2, 0) is 12.8 Å². The van der Waals surface area contributed by atoms with E-state index in [1.54, 1.807) is 6.20 Å². The molecule has 0 radical (unpaired) electrons. The van der Waals surface area contributed by atoms with E-state index in [9.17, 15) is 0 Å². The lowest BCUT2D eigenvalue weighted by molar-refractivity contribution is 0.708. The predicted octanol–water partition coefficient (Wildman–Crippen LogP) is 3.78. The molecule has 2 aromatic rings. The van der Waals surface area contributed by atoms with Crippen LogP contribution in [0.5, 0.6) is 0 Å². The van der Waals surface area contributed by atoms with Crippen LogP contribution in [0.15, 0.2) is 18.5 Å². The van der Waals surface area contributed by atoms with Crippen molar-refractivity contribution in [3.05, 3.63) is 39.9 Å². The zero-order chi connectivity index (χ0) is 13.2. The van der Waals surface area contributed by atoms with Gasteiger partial charge in [0.2, 0.25) is 0 Å². The number of rotatable bonds is 1. The highest BCUT2D eigenvalue weighted by molar-refractivity contribution is 7.71. The van der Waals surface area contributed by atoms with E-state index < -0.39 is 0 Å². The van der Waals surface area contributed by atoms with Crippen molar-refractivity contribution < 1.29 is 0 Å². The minimum Gasteiger partial charge on any atom is -0.343 e. The number of nitrogens with one attached hydrogen (secondary N) is 1. The lowest BCUT2D eigenvalue weighted by atomic mass is 10.1. The van der Waals surface area contributed by atoms with Crippen LogP contribution < -0.4 is 0 Å². The van der Waals surface area contributed by atoms with E-state index in [-0.39, 0.29) is 0 Å². The average molecular weight is 271 g/mol. The Balaban J connectivity index is 2.15. The first kappa shape index (κ1) is 12.5. The maximum Gasteiger partial charge on any atom is 0.140 e. The average Bonchev–Trinajstić information content (AvgIpc) is 2.65. The Labute approximate surface area is 118 Å². The van der Waals surface area contributed by atoms with Crippen LogP contribution in [0, 0.1) is 11.6 Å². The third kappa shape index (κ3) is 2.45. The second-order valence-electron chi connectivity index (χ2n) is 5.10. The van der Waals surface area contributed by atoms with Gasteiger partial charge in [0, 0.05) is 29.2 Å². The van der Waals surface area contributed by atoms with Crippen LogP contribution in [0.4, 0.5) is 0 Å². The van der Waals surface area contributed by atoms with E-state index >= 15 is 0 Å². The first-order valence-corrected chi connectivity index (χ1v) is 7.19. The molecule has 98 valence electrons. The van der Waals surface area contributed by atoms with Crippen LogP contribution in [0.1, 0.15) is 36.1 Å². The molecule has 19 heavy (non-hydrogen) atoms. The lowest BCUT2D eigenvalue weighted by Crippen LogP contribution is -2.02. The number of nitrogens with zero attached hydrogens (tertiary/aromatic N) is 2. The van der Waals surface area contributed by atoms with Gasteiger partial charge in [-0.2, -0.15) is 0 Å². The molecule has 0 unspecified atom stereocenters. The van der Waals surface area contributed by atoms with Gasteiger partial charge < -0.3 is 4.98 Å². The summed E-state index contributed by atoms with van der Waals surface area (Å²) in [5, 5.41) is 0. The Morgan fingerprint density at radius 1 is 1.21 bits per heavy atom. The highest BCUT2D eigenvalue weighted by Gasteiger charge is 2.13. The van der Waals surface area contributed by atoms with Gasteiger partial charge >= 0.3 is 0 Å². The third-order valence-electron chi connectivity index (χ3n) is 3.75. The SMILES string of the molecule is Cc1ccncc1-c1nc(=S)c2c([nH]1)CCCCC2. The molecule has 2 heterocycles. The van der Waals surface area contributed by atoms with Gasteiger partial charge in [-0.3, -0.25) is 4.98 Å². The van der Waals surface area contributed by atoms with Gasteiger partial charge in [0.15, 0.2) is 0 Å². The molecule has 3 rings (SSSR count). The molecule has 4 heteroatoms. The first-order valence-electron chi connectivity index (χ1n) is 6.79. The number of aryl methyl sites for hydroxylation is 2. The third-order valence-corrected chi connectivity index (χ3v) is 4.09. The lowest BCUT2D eigenvalue weighted by Gasteiger charge is -2.10. The van der Waals surface area contributed by atoms with Crippen molar-refractivity contribution in [1.29, 1.82) is 0 Å². The highest BCUT2D eigenvalue weighted by Crippen LogP contribution is 2.24. The van der Waals surface area contributed by atoms with Gasteiger partial charge in [0.05, 0.1) is 0 Å². The second kappa shape index (κ2) is 5.21. The van der Waals surface area contributed by atoms with Crippen molar-refractivity contribution in [2.24, 2.45) is 0 Å². The molecule has 0 spiro atoms. The Bertz CT molecular complexity index is 661. The molecular formula is C15H17N3S. The van der Waals surface area contributed by atoms with E-state index in [0.29, 0.717) is 0 Å². The summed E-state index contributed by atoms with van der Waals surface area (Å²) >= 11 is 5.48. The predicted molar refractivity (Wildman–Crippen MR) is 78.6 cm³/mol. The number of aromatic nitrogens is 3. The molecule has 0 fully saturated rings. The van der Waals surface area contributed by atoms with E-state index in [4.69, 9.17) is 12.2 Å². The van der Waals surface area contributed by atoms with Crippen molar-refractivity contribution >= 4 is 12.2 Å². The standard InChI is InChI=1S/C15H17N3S/c1-10-7-8-16-9-12(10)14-17-13-6-4-2-3-5-11(13)15(19)18-14/h7-9H,2-6H2,1H3,(H,17,18,19). The van der Waals surface area contributed by atoms with Crippen LogP contribution in [-0.4, -0.2) is 15.0 Å². The zero-order valence-electron chi connectivity index (χ0n) is 11.1. The summed E-state index contributed by atoms with van der Waals surface area (Å²) in [4.78, 5) is 12.3. The monoisotopic (exact) mass is 271 g/mol. The molecule has 0 saturated carbocycles. The first-order chi connectivity index (χ1) is 9.25. The number of hydrogen-bond acceptors (Lipinski definition) is 3. The van der Waals surface area contributed by atoms with Crippen LogP contribution in [0.3, 0.4) is 0 Å². The van der Waals surface area contributed by atoms with Gasteiger partial charge in [-0.25, -0.2) is 4.98 Å². The molecular weight excluding hydrogens is 254 g/mol. The largest absolute Gasteiger partial charge is 0.343 e. The van der Waals surface area contributed by atoms with Gasteiger partial charge in [-0.05, 0) is 44.2 Å². The van der Waals surface area contributed by atoms with Crippen molar-refractivity contribution in [3.63, 3.8) is 0 Å². The maximum absolute atomic E-state index is 5.48. The molecule has 3 nitrogen and oxygen atoms in total. The van der Waals surface area contributed by atoms with Gasteiger partial charge in [0.25, 0.3) is 0 Å². The summed E-state index contributed by atoms with van der Waals surface area (Å²) in [5.41, 5.74) is 4.73. The fourth-order valence-corrected chi connectivity index (χ4v) is 2.95. The van der Waals surface area contributed by atoms with Gasteiger partial charge in [-0.15, -0.1) is 0 Å². The fourth-order valence-electron chi connectivity index (χ4n) is 2.64. The molecule has 0 bridgehead atoms. The van der Waals surface area contributed by atoms with E-state index in [1.807, 2.05) is 12.3 Å². The zero-order valence-corrected chi connectivity index (χ0v) is 11.9. The highest BCUT2D eigenvalue weighted by atomic mass is 32.1. The minimum atomic E-state index is 0.758. The van der Waals surface area contributed by atoms with Crippen molar-refractivity contribution in [2.45, 2.75) is 39.0 Å². The number of hydrogen-bond donors (Lipinski definition) is 1. The molecule has 1 N–H and O–H groups in total. The molecule has 0 saturated heterocycles. The summed E-state index contributed by atoms with van der Waals surface area (Å²) in [6, 6.07) is 2.00. The maximum atomic E-state index is 5.48. The van der Waals surface area contributed by atoms with Crippen LogP contribution in [0.2, 0.25) is 0 Å². The Kier molecular flexibility index (Phi) is 3.42. The number of aromatic amines is 1. The van der Waals surface area contributed by atoms with Crippen molar-refractivity contribution in [1.82, 2.24) is 15.0 Å². The van der Waals surface area contributed by atoms with Gasteiger partial charge in [-0.1, -0.05) is 18.6 Å². The summed E-state index contributed by atoms with van der Waals surface area (Å²) in [6.07, 6.45) is 9.52. The van der Waals surface area contributed by atoms with Gasteiger partial charge in [0.1, 0.15) is 10.5 Å². The molecule has 0 atom stereocenters. The molecule has 1 aliphatic rings. The smallest absolute Gasteiger partial charge is 0.140 e. The van der Waals surface area contributed by atoms with E-state index in [2.05, 4.69) is 21.9 Å². The van der Waals surface area contributed by atoms with Crippen molar-refractivity contribution in [3.8, 4) is 11.4 Å². The Hall–Kier alpha value is -1.55. The number of H-pyrrole nitrogens is 1. The molecule has 1 aliphatic carbocycles. The normalized spacial score (nSPS) is 14.8. The van der Waals surface area contributed by atoms with Crippen molar-refractivity contribution in [2.75, 3.05) is 0 Å². The Morgan fingerprint density at radius 3 is 2.89 bits per heavy atom. The molecule has 0 aromatic carbocycles. The van der Waals surface area contributed by atoms with Crippen LogP contribution in [0.25, 0.3) is 11.4 Å². The number of fused-ring (bicyclic) bond motifs is 1. The second-order valence-corrected chi connectivity index (χ2v) is 5.49. The summed E-state index contributed by atoms with van der Waals surface area (Å²) in [5.74, 6) is 0.858. The molecule has 2 aromatic heterocycles. The summed E-state index contributed by atoms with van der Waals surface area (Å²) in [7, 11) is 0. The topological polar surface area (TPSA) is 41.6 Å². The molecule has 0 amide bonds. The van der Waals surface area contributed by atoms with Crippen LogP contribution >= 0.6 is 12.2 Å². The summed E-state index contributed by atoms with van der Waals surface area (Å²) < 4.78 is 0.758.